The van der Waals surface area contributed by atoms with Crippen LogP contribution < -0.4 is 5.32 Å². The van der Waals surface area contributed by atoms with Crippen molar-refractivity contribution >= 4 is 11.7 Å². The second-order valence-corrected chi connectivity index (χ2v) is 4.55. The van der Waals surface area contributed by atoms with E-state index >= 15 is 0 Å². The van der Waals surface area contributed by atoms with Crippen LogP contribution >= 0.6 is 0 Å². The summed E-state index contributed by atoms with van der Waals surface area (Å²) in [6.45, 7) is 6.34. The molecule has 0 spiro atoms. The van der Waals surface area contributed by atoms with Crippen molar-refractivity contribution in [1.29, 1.82) is 0 Å². The first-order valence-corrected chi connectivity index (χ1v) is 6.08. The molecule has 1 aromatic heterocycles. The van der Waals surface area contributed by atoms with Crippen LogP contribution in [0.15, 0.2) is 18.2 Å². The normalized spacial score (nSPS) is 10.5. The van der Waals surface area contributed by atoms with Gasteiger partial charge < -0.3 is 10.4 Å². The number of aromatic amines is 1. The van der Waals surface area contributed by atoms with Crippen molar-refractivity contribution in [3.63, 3.8) is 0 Å². The highest BCUT2D eigenvalue weighted by molar-refractivity contribution is 5.91. The second-order valence-electron chi connectivity index (χ2n) is 4.55. The molecule has 2 aromatic rings. The van der Waals surface area contributed by atoms with E-state index in [2.05, 4.69) is 15.5 Å². The van der Waals surface area contributed by atoms with E-state index in [1.807, 2.05) is 19.9 Å². The van der Waals surface area contributed by atoms with Crippen molar-refractivity contribution in [2.75, 3.05) is 5.32 Å². The number of H-pyrrole nitrogens is 1. The summed E-state index contributed by atoms with van der Waals surface area (Å²) in [6.07, 6.45) is 0. The third-order valence-electron chi connectivity index (χ3n) is 3.30. The maximum Gasteiger partial charge on any atom is 0.336 e. The zero-order valence-corrected chi connectivity index (χ0v) is 11.2. The molecule has 0 amide bonds. The van der Waals surface area contributed by atoms with Crippen LogP contribution in [0.2, 0.25) is 0 Å². The van der Waals surface area contributed by atoms with Crippen molar-refractivity contribution in [2.45, 2.75) is 27.3 Å². The monoisotopic (exact) mass is 259 g/mol. The van der Waals surface area contributed by atoms with Crippen LogP contribution in [-0.2, 0) is 6.54 Å². The van der Waals surface area contributed by atoms with Crippen LogP contribution in [0.25, 0.3) is 0 Å². The summed E-state index contributed by atoms with van der Waals surface area (Å²) in [5, 5.41) is 19.4. The minimum absolute atomic E-state index is 0.325. The SMILES string of the molecule is Cc1n[nH]c(C)c1CNc1cccc(C(=O)O)c1C. The van der Waals surface area contributed by atoms with Crippen LogP contribution in [-0.4, -0.2) is 21.3 Å². The number of benzene rings is 1. The van der Waals surface area contributed by atoms with Gasteiger partial charge in [0.15, 0.2) is 0 Å². The molecule has 19 heavy (non-hydrogen) atoms. The Hall–Kier alpha value is -2.30. The minimum Gasteiger partial charge on any atom is -0.478 e. The Kier molecular flexibility index (Phi) is 3.55. The second kappa shape index (κ2) is 5.14. The summed E-state index contributed by atoms with van der Waals surface area (Å²) < 4.78 is 0. The molecule has 0 bridgehead atoms. The van der Waals surface area contributed by atoms with Gasteiger partial charge in [-0.3, -0.25) is 5.10 Å². The number of carbonyl (C=O) groups is 1. The number of anilines is 1. The van der Waals surface area contributed by atoms with Gasteiger partial charge in [0.1, 0.15) is 0 Å². The molecule has 0 unspecified atom stereocenters. The molecule has 0 atom stereocenters. The van der Waals surface area contributed by atoms with Gasteiger partial charge in [-0.1, -0.05) is 6.07 Å². The summed E-state index contributed by atoms with van der Waals surface area (Å²) in [5.74, 6) is -0.906. The van der Waals surface area contributed by atoms with E-state index in [4.69, 9.17) is 5.11 Å². The molecule has 100 valence electrons. The van der Waals surface area contributed by atoms with Crippen LogP contribution in [0.3, 0.4) is 0 Å². The highest BCUT2D eigenvalue weighted by atomic mass is 16.4. The van der Waals surface area contributed by atoms with Gasteiger partial charge >= 0.3 is 5.97 Å². The number of aromatic nitrogens is 2. The minimum atomic E-state index is -0.906. The predicted molar refractivity (Wildman–Crippen MR) is 73.5 cm³/mol. The lowest BCUT2D eigenvalue weighted by Gasteiger charge is -2.11. The average Bonchev–Trinajstić information content (AvgIpc) is 2.68. The first-order valence-electron chi connectivity index (χ1n) is 6.08. The molecule has 0 aliphatic rings. The molecule has 0 fully saturated rings. The third kappa shape index (κ3) is 2.59. The quantitative estimate of drug-likeness (QED) is 0.788. The van der Waals surface area contributed by atoms with Gasteiger partial charge in [0.2, 0.25) is 0 Å². The first kappa shape index (κ1) is 13.1. The Bertz CT molecular complexity index is 598. The number of carboxylic acids is 1. The molecular formula is C14H17N3O2. The largest absolute Gasteiger partial charge is 0.478 e. The zero-order valence-electron chi connectivity index (χ0n) is 11.2. The van der Waals surface area contributed by atoms with Crippen molar-refractivity contribution in [2.24, 2.45) is 0 Å². The molecule has 1 heterocycles. The van der Waals surface area contributed by atoms with E-state index in [1.165, 1.54) is 0 Å². The maximum atomic E-state index is 11.1. The van der Waals surface area contributed by atoms with Crippen LogP contribution in [0.4, 0.5) is 5.69 Å². The van der Waals surface area contributed by atoms with Gasteiger partial charge in [0.05, 0.1) is 11.3 Å². The number of rotatable bonds is 4. The molecule has 0 aliphatic carbocycles. The number of nitrogens with one attached hydrogen (secondary N) is 2. The Morgan fingerprint density at radius 3 is 2.68 bits per heavy atom. The van der Waals surface area contributed by atoms with E-state index in [0.29, 0.717) is 12.1 Å². The molecule has 0 radical (unpaired) electrons. The molecule has 0 saturated heterocycles. The van der Waals surface area contributed by atoms with Crippen molar-refractivity contribution in [3.8, 4) is 0 Å². The number of aromatic carboxylic acids is 1. The van der Waals surface area contributed by atoms with Crippen molar-refractivity contribution in [3.05, 3.63) is 46.3 Å². The fourth-order valence-corrected chi connectivity index (χ4v) is 2.08. The molecule has 1 aromatic carbocycles. The molecule has 5 heteroatoms. The van der Waals surface area contributed by atoms with E-state index in [1.54, 1.807) is 19.1 Å². The highest BCUT2D eigenvalue weighted by Gasteiger charge is 2.11. The van der Waals surface area contributed by atoms with Crippen molar-refractivity contribution in [1.82, 2.24) is 10.2 Å². The van der Waals surface area contributed by atoms with E-state index in [9.17, 15) is 4.79 Å². The van der Waals surface area contributed by atoms with Gasteiger partial charge in [0.25, 0.3) is 0 Å². The van der Waals surface area contributed by atoms with Crippen LogP contribution in [0.5, 0.6) is 0 Å². The van der Waals surface area contributed by atoms with Crippen LogP contribution in [0, 0.1) is 20.8 Å². The third-order valence-corrected chi connectivity index (χ3v) is 3.30. The summed E-state index contributed by atoms with van der Waals surface area (Å²) in [6, 6.07) is 5.23. The molecular weight excluding hydrogens is 242 g/mol. The van der Waals surface area contributed by atoms with Gasteiger partial charge in [-0.25, -0.2) is 4.79 Å². The van der Waals surface area contributed by atoms with E-state index in [0.717, 1.165) is 28.2 Å². The number of aryl methyl sites for hydroxylation is 2. The number of hydrogen-bond acceptors (Lipinski definition) is 3. The molecule has 0 saturated carbocycles. The van der Waals surface area contributed by atoms with Gasteiger partial charge in [-0.15, -0.1) is 0 Å². The molecule has 0 aliphatic heterocycles. The Morgan fingerprint density at radius 2 is 2.11 bits per heavy atom. The topological polar surface area (TPSA) is 78.0 Å². The maximum absolute atomic E-state index is 11.1. The van der Waals surface area contributed by atoms with Crippen molar-refractivity contribution < 1.29 is 9.90 Å². The fraction of sp³-hybridized carbons (Fsp3) is 0.286. The lowest BCUT2D eigenvalue weighted by Crippen LogP contribution is -2.06. The molecule has 2 rings (SSSR count). The van der Waals surface area contributed by atoms with Crippen LogP contribution in [0.1, 0.15) is 32.9 Å². The summed E-state index contributed by atoms with van der Waals surface area (Å²) in [4.78, 5) is 11.1. The summed E-state index contributed by atoms with van der Waals surface area (Å²) in [5.41, 5.74) is 4.99. The fourth-order valence-electron chi connectivity index (χ4n) is 2.08. The van der Waals surface area contributed by atoms with E-state index < -0.39 is 5.97 Å². The number of hydrogen-bond donors (Lipinski definition) is 3. The van der Waals surface area contributed by atoms with Gasteiger partial charge in [-0.05, 0) is 38.5 Å². The lowest BCUT2D eigenvalue weighted by molar-refractivity contribution is 0.0696. The standard InChI is InChI=1S/C14H17N3O2/c1-8-11(14(18)19)5-4-6-13(8)15-7-12-9(2)16-17-10(12)3/h4-6,15H,7H2,1-3H3,(H,16,17)(H,18,19). The molecule has 5 nitrogen and oxygen atoms in total. The summed E-state index contributed by atoms with van der Waals surface area (Å²) >= 11 is 0. The number of nitrogens with zero attached hydrogens (tertiary/aromatic N) is 1. The van der Waals surface area contributed by atoms with Gasteiger partial charge in [-0.2, -0.15) is 5.10 Å². The summed E-state index contributed by atoms with van der Waals surface area (Å²) in [7, 11) is 0. The smallest absolute Gasteiger partial charge is 0.336 e. The highest BCUT2D eigenvalue weighted by Crippen LogP contribution is 2.20. The average molecular weight is 259 g/mol. The lowest BCUT2D eigenvalue weighted by atomic mass is 10.1. The Balaban J connectivity index is 2.21. The van der Waals surface area contributed by atoms with E-state index in [-0.39, 0.29) is 0 Å². The number of carboxylic acid groups (broad SMARTS) is 1. The first-order chi connectivity index (χ1) is 9.00. The predicted octanol–water partition coefficient (Wildman–Crippen LogP) is 2.65. The Morgan fingerprint density at radius 1 is 1.37 bits per heavy atom. The zero-order chi connectivity index (χ0) is 14.0. The molecule has 3 N–H and O–H groups in total. The Labute approximate surface area is 111 Å². The van der Waals surface area contributed by atoms with Gasteiger partial charge in [0, 0.05) is 23.5 Å².